The molecule has 0 aromatic heterocycles. The first-order chi connectivity index (χ1) is 14.9. The molecule has 2 rings (SSSR count). The number of nitrogens with zero attached hydrogens (tertiary/aromatic N) is 1. The van der Waals surface area contributed by atoms with Crippen LogP contribution in [0.2, 0.25) is 0 Å². The van der Waals surface area contributed by atoms with Crippen LogP contribution < -0.4 is 24.3 Å². The van der Waals surface area contributed by atoms with E-state index in [4.69, 9.17) is 18.9 Å². The van der Waals surface area contributed by atoms with Gasteiger partial charge in [-0.25, -0.2) is 0 Å². The number of rotatable bonds is 12. The van der Waals surface area contributed by atoms with Crippen LogP contribution in [0, 0.1) is 10.1 Å². The second-order valence-electron chi connectivity index (χ2n) is 6.52. The lowest BCUT2D eigenvalue weighted by molar-refractivity contribution is -0.384. The minimum Gasteiger partial charge on any atom is -0.493 e. The van der Waals surface area contributed by atoms with Crippen molar-refractivity contribution in [2.45, 2.75) is 33.6 Å². The van der Waals surface area contributed by atoms with E-state index in [2.05, 4.69) is 5.32 Å². The molecular formula is C22H28N2O7. The highest BCUT2D eigenvalue weighted by molar-refractivity contribution is 6.06. The summed E-state index contributed by atoms with van der Waals surface area (Å²) in [5.41, 5.74) is -0.0176. The number of ether oxygens (including phenoxy) is 4. The monoisotopic (exact) mass is 432 g/mol. The van der Waals surface area contributed by atoms with Gasteiger partial charge < -0.3 is 24.3 Å². The van der Waals surface area contributed by atoms with E-state index in [1.54, 1.807) is 12.1 Å². The maximum atomic E-state index is 12.8. The Hall–Kier alpha value is -3.49. The predicted molar refractivity (Wildman–Crippen MR) is 117 cm³/mol. The summed E-state index contributed by atoms with van der Waals surface area (Å²) in [6.45, 7) is 6.95. The lowest BCUT2D eigenvalue weighted by atomic mass is 10.1. The summed E-state index contributed by atoms with van der Waals surface area (Å²) in [6.07, 6.45) is 1.48. The largest absolute Gasteiger partial charge is 0.493 e. The van der Waals surface area contributed by atoms with Gasteiger partial charge in [0, 0.05) is 11.6 Å². The Morgan fingerprint density at radius 2 is 1.58 bits per heavy atom. The van der Waals surface area contributed by atoms with Gasteiger partial charge in [-0.05, 0) is 38.0 Å². The van der Waals surface area contributed by atoms with E-state index in [1.165, 1.54) is 25.3 Å². The van der Waals surface area contributed by atoms with Gasteiger partial charge >= 0.3 is 0 Å². The lowest BCUT2D eigenvalue weighted by Gasteiger charge is -2.15. The van der Waals surface area contributed by atoms with Gasteiger partial charge in [0.1, 0.15) is 5.69 Å². The summed E-state index contributed by atoms with van der Waals surface area (Å²) in [7, 11) is 1.47. The average Bonchev–Trinajstić information content (AvgIpc) is 2.76. The smallest absolute Gasteiger partial charge is 0.296 e. The Morgan fingerprint density at radius 1 is 0.935 bits per heavy atom. The van der Waals surface area contributed by atoms with Crippen molar-refractivity contribution in [3.05, 3.63) is 46.0 Å². The zero-order valence-corrected chi connectivity index (χ0v) is 18.2. The molecule has 9 nitrogen and oxygen atoms in total. The standard InChI is InChI=1S/C22H28N2O7/c1-5-10-30-20-13-16(17(24(26)27)14-21(20)31-11-6-2)23-22(25)15-8-9-18(29-7-3)19(12-15)28-4/h8-9,12-14H,5-7,10-11H2,1-4H3,(H,23,25). The molecular weight excluding hydrogens is 404 g/mol. The lowest BCUT2D eigenvalue weighted by Crippen LogP contribution is -2.14. The highest BCUT2D eigenvalue weighted by Crippen LogP contribution is 2.38. The molecule has 168 valence electrons. The summed E-state index contributed by atoms with van der Waals surface area (Å²) in [5, 5.41) is 14.2. The molecule has 2 aromatic carbocycles. The molecule has 31 heavy (non-hydrogen) atoms. The van der Waals surface area contributed by atoms with Gasteiger partial charge in [-0.15, -0.1) is 0 Å². The number of methoxy groups -OCH3 is 1. The first-order valence-corrected chi connectivity index (χ1v) is 10.1. The molecule has 0 fully saturated rings. The van der Waals surface area contributed by atoms with Crippen molar-refractivity contribution in [2.24, 2.45) is 0 Å². The normalized spacial score (nSPS) is 10.3. The van der Waals surface area contributed by atoms with Crippen LogP contribution >= 0.6 is 0 Å². The van der Waals surface area contributed by atoms with E-state index in [-0.39, 0.29) is 22.7 Å². The van der Waals surface area contributed by atoms with Gasteiger partial charge in [0.25, 0.3) is 11.6 Å². The zero-order chi connectivity index (χ0) is 22.8. The number of carbonyl (C=O) groups is 1. The molecule has 1 N–H and O–H groups in total. The van der Waals surface area contributed by atoms with E-state index >= 15 is 0 Å². The van der Waals surface area contributed by atoms with Gasteiger partial charge in [-0.2, -0.15) is 0 Å². The van der Waals surface area contributed by atoms with Crippen LogP contribution in [0.4, 0.5) is 11.4 Å². The fourth-order valence-electron chi connectivity index (χ4n) is 2.73. The number of hydrogen-bond acceptors (Lipinski definition) is 7. The van der Waals surface area contributed by atoms with Crippen molar-refractivity contribution in [3.8, 4) is 23.0 Å². The molecule has 0 unspecified atom stereocenters. The van der Waals surface area contributed by atoms with Crippen molar-refractivity contribution in [2.75, 3.05) is 32.2 Å². The molecule has 1 amide bonds. The first kappa shape index (κ1) is 23.8. The predicted octanol–water partition coefficient (Wildman–Crippen LogP) is 4.83. The number of hydrogen-bond donors (Lipinski definition) is 1. The van der Waals surface area contributed by atoms with Crippen molar-refractivity contribution < 1.29 is 28.7 Å². The Bertz CT molecular complexity index is 915. The summed E-state index contributed by atoms with van der Waals surface area (Å²) in [4.78, 5) is 23.9. The summed E-state index contributed by atoms with van der Waals surface area (Å²) >= 11 is 0. The highest BCUT2D eigenvalue weighted by Gasteiger charge is 2.23. The first-order valence-electron chi connectivity index (χ1n) is 10.1. The van der Waals surface area contributed by atoms with Gasteiger partial charge in [0.2, 0.25) is 0 Å². The number of carbonyl (C=O) groups excluding carboxylic acids is 1. The molecule has 0 aliphatic heterocycles. The quantitative estimate of drug-likeness (QED) is 0.378. The molecule has 0 radical (unpaired) electrons. The Labute approximate surface area is 181 Å². The average molecular weight is 432 g/mol. The number of nitrogens with one attached hydrogen (secondary N) is 1. The van der Waals surface area contributed by atoms with Crippen molar-refractivity contribution >= 4 is 17.3 Å². The van der Waals surface area contributed by atoms with Crippen LogP contribution in [0.15, 0.2) is 30.3 Å². The van der Waals surface area contributed by atoms with Gasteiger partial charge in [-0.1, -0.05) is 13.8 Å². The number of benzene rings is 2. The summed E-state index contributed by atoms with van der Waals surface area (Å²) in [6, 6.07) is 7.38. The molecule has 2 aromatic rings. The molecule has 0 atom stereocenters. The summed E-state index contributed by atoms with van der Waals surface area (Å²) < 4.78 is 22.0. The summed E-state index contributed by atoms with van der Waals surface area (Å²) in [5.74, 6) is 0.954. The van der Waals surface area contributed by atoms with Crippen LogP contribution in [-0.2, 0) is 0 Å². The van der Waals surface area contributed by atoms with Crippen LogP contribution in [0.3, 0.4) is 0 Å². The molecule has 0 bridgehead atoms. The molecule has 0 spiro atoms. The second-order valence-corrected chi connectivity index (χ2v) is 6.52. The van der Waals surface area contributed by atoms with Gasteiger partial charge in [-0.3, -0.25) is 14.9 Å². The van der Waals surface area contributed by atoms with E-state index in [0.717, 1.165) is 12.8 Å². The number of amides is 1. The number of nitro benzene ring substituents is 1. The molecule has 0 aliphatic carbocycles. The molecule has 0 aliphatic rings. The van der Waals surface area contributed by atoms with E-state index < -0.39 is 10.8 Å². The van der Waals surface area contributed by atoms with Crippen LogP contribution in [0.25, 0.3) is 0 Å². The van der Waals surface area contributed by atoms with Gasteiger partial charge in [0.05, 0.1) is 37.9 Å². The van der Waals surface area contributed by atoms with Crippen molar-refractivity contribution in [1.82, 2.24) is 0 Å². The molecule has 9 heteroatoms. The topological polar surface area (TPSA) is 109 Å². The van der Waals surface area contributed by atoms with E-state index in [9.17, 15) is 14.9 Å². The van der Waals surface area contributed by atoms with E-state index in [1.807, 2.05) is 20.8 Å². The fraction of sp³-hybridized carbons (Fsp3) is 0.409. The number of anilines is 1. The van der Waals surface area contributed by atoms with E-state index in [0.29, 0.717) is 37.1 Å². The Morgan fingerprint density at radius 3 is 2.13 bits per heavy atom. The molecule has 0 saturated carbocycles. The maximum absolute atomic E-state index is 12.8. The van der Waals surface area contributed by atoms with Crippen molar-refractivity contribution in [1.29, 1.82) is 0 Å². The SMILES string of the molecule is CCCOc1cc(NC(=O)c2ccc(OCC)c(OC)c2)c([N+](=O)[O-])cc1OCCC. The third kappa shape index (κ3) is 6.24. The van der Waals surface area contributed by atoms with Crippen molar-refractivity contribution in [3.63, 3.8) is 0 Å². The second kappa shape index (κ2) is 11.6. The number of nitro groups is 1. The van der Waals surface area contributed by atoms with Crippen LogP contribution in [0.5, 0.6) is 23.0 Å². The minimum absolute atomic E-state index is 0.0119. The third-order valence-corrected chi connectivity index (χ3v) is 4.16. The maximum Gasteiger partial charge on any atom is 0.296 e. The van der Waals surface area contributed by atoms with Gasteiger partial charge in [0.15, 0.2) is 23.0 Å². The fourth-order valence-corrected chi connectivity index (χ4v) is 2.73. The zero-order valence-electron chi connectivity index (χ0n) is 18.2. The minimum atomic E-state index is -0.573. The highest BCUT2D eigenvalue weighted by atomic mass is 16.6. The molecule has 0 heterocycles. The third-order valence-electron chi connectivity index (χ3n) is 4.16. The Balaban J connectivity index is 2.39. The van der Waals surface area contributed by atoms with Crippen LogP contribution in [0.1, 0.15) is 44.0 Å². The Kier molecular flexibility index (Phi) is 8.93. The van der Waals surface area contributed by atoms with Crippen LogP contribution in [-0.4, -0.2) is 37.8 Å². The molecule has 0 saturated heterocycles.